The Morgan fingerprint density at radius 3 is 2.59 bits per heavy atom. The summed E-state index contributed by atoms with van der Waals surface area (Å²) in [4.78, 5) is 25.1. The number of amides is 1. The van der Waals surface area contributed by atoms with Crippen LogP contribution in [0.3, 0.4) is 0 Å². The molecule has 4 heterocycles. The number of aromatic nitrogens is 3. The van der Waals surface area contributed by atoms with Crippen LogP contribution in [0, 0.1) is 5.82 Å². The van der Waals surface area contributed by atoms with E-state index >= 15 is 0 Å². The van der Waals surface area contributed by atoms with E-state index in [9.17, 15) is 31.1 Å². The summed E-state index contributed by atoms with van der Waals surface area (Å²) in [6.07, 6.45) is -2.13. The molecule has 2 aromatic rings. The Morgan fingerprint density at radius 1 is 1.24 bits per heavy atom. The fourth-order valence-corrected chi connectivity index (χ4v) is 4.01. The van der Waals surface area contributed by atoms with Gasteiger partial charge in [-0.25, -0.2) is 18.7 Å². The van der Waals surface area contributed by atoms with Gasteiger partial charge >= 0.3 is 6.18 Å². The predicted molar refractivity (Wildman–Crippen MR) is 121 cm³/mol. The molecule has 15 heteroatoms. The first-order valence-corrected chi connectivity index (χ1v) is 11.4. The number of pyridine rings is 1. The number of anilines is 2. The fourth-order valence-electron chi connectivity index (χ4n) is 4.01. The predicted octanol–water partition coefficient (Wildman–Crippen LogP) is 2.85. The van der Waals surface area contributed by atoms with E-state index in [1.54, 1.807) is 4.90 Å². The van der Waals surface area contributed by atoms with Crippen molar-refractivity contribution in [3.8, 4) is 0 Å². The van der Waals surface area contributed by atoms with Crippen LogP contribution < -0.4 is 16.0 Å². The number of carbonyl (C=O) groups is 1. The minimum Gasteiger partial charge on any atom is -0.377 e. The van der Waals surface area contributed by atoms with Gasteiger partial charge in [0, 0.05) is 26.2 Å². The van der Waals surface area contributed by atoms with Crippen molar-refractivity contribution in [2.75, 3.05) is 56.7 Å². The number of rotatable bonds is 5. The number of halogens is 6. The van der Waals surface area contributed by atoms with Crippen molar-refractivity contribution in [2.24, 2.45) is 5.73 Å². The lowest BCUT2D eigenvalue weighted by atomic mass is 10.1. The summed E-state index contributed by atoms with van der Waals surface area (Å²) < 4.78 is 83.4. The molecule has 2 aliphatic heterocycles. The van der Waals surface area contributed by atoms with Gasteiger partial charge in [0.25, 0.3) is 5.92 Å². The van der Waals surface area contributed by atoms with Crippen LogP contribution in [0.1, 0.15) is 30.1 Å². The van der Waals surface area contributed by atoms with Gasteiger partial charge in [-0.1, -0.05) is 0 Å². The molecule has 2 aliphatic rings. The molecule has 204 valence electrons. The topological polar surface area (TPSA) is 109 Å². The molecule has 0 radical (unpaired) electrons. The summed E-state index contributed by atoms with van der Waals surface area (Å²) in [6, 6.07) is 1.67. The first kappa shape index (κ1) is 28.4. The third-order valence-electron chi connectivity index (χ3n) is 5.71. The van der Waals surface area contributed by atoms with E-state index in [1.807, 2.05) is 0 Å². The van der Waals surface area contributed by atoms with Gasteiger partial charge in [-0.15, -0.1) is 0 Å². The molecule has 9 nitrogen and oxygen atoms in total. The number of likely N-dealkylation sites (tertiary alicyclic amines) is 1. The van der Waals surface area contributed by atoms with Crippen LogP contribution in [-0.4, -0.2) is 78.1 Å². The zero-order chi connectivity index (χ0) is 27.2. The molecule has 1 atom stereocenters. The van der Waals surface area contributed by atoms with Crippen molar-refractivity contribution in [2.45, 2.75) is 31.0 Å². The standard InChI is InChI=1S/C15H15F4N5O.C7H12F2N2O/c1-20-13-12(16)14(23-8-22-13)24-4-5-25-7-11(24)10-3-2-9(6-21-10)15(17,18)19;8-7(9)2-1-3-11(5-7)4-6(10)12/h2-3,6,8,11H,4-5,7H2,1H3,(H,20,22,23);1-5H2,(H2,10,12). The molecule has 4 rings (SSSR count). The summed E-state index contributed by atoms with van der Waals surface area (Å²) in [5.41, 5.74) is 4.39. The number of morpholine rings is 1. The Hall–Kier alpha value is -3.20. The number of ether oxygens (including phenoxy) is 1. The number of carbonyl (C=O) groups excluding carboxylic acids is 1. The smallest absolute Gasteiger partial charge is 0.377 e. The lowest BCUT2D eigenvalue weighted by Gasteiger charge is -2.36. The van der Waals surface area contributed by atoms with Gasteiger partial charge in [0.2, 0.25) is 11.7 Å². The number of nitrogens with two attached hydrogens (primary N) is 1. The van der Waals surface area contributed by atoms with Crippen LogP contribution in [-0.2, 0) is 15.7 Å². The van der Waals surface area contributed by atoms with Crippen LogP contribution in [0.15, 0.2) is 24.7 Å². The summed E-state index contributed by atoms with van der Waals surface area (Å²) >= 11 is 0. The molecule has 2 fully saturated rings. The highest BCUT2D eigenvalue weighted by Gasteiger charge is 2.35. The largest absolute Gasteiger partial charge is 0.417 e. The maximum absolute atomic E-state index is 14.5. The first-order chi connectivity index (χ1) is 17.4. The SMILES string of the molecule is CNc1ncnc(N2CCOCC2c2ccc(C(F)(F)F)cn2)c1F.NC(=O)CN1CCCC(F)(F)C1. The third-order valence-corrected chi connectivity index (χ3v) is 5.71. The van der Waals surface area contributed by atoms with Gasteiger partial charge in [-0.2, -0.15) is 17.6 Å². The summed E-state index contributed by atoms with van der Waals surface area (Å²) in [5, 5.41) is 2.63. The van der Waals surface area contributed by atoms with E-state index in [-0.39, 0.29) is 37.8 Å². The maximum Gasteiger partial charge on any atom is 0.417 e. The average Bonchev–Trinajstić information content (AvgIpc) is 2.83. The van der Waals surface area contributed by atoms with Crippen LogP contribution in [0.2, 0.25) is 0 Å². The molecule has 0 aromatic carbocycles. The lowest BCUT2D eigenvalue weighted by Crippen LogP contribution is -2.45. The highest BCUT2D eigenvalue weighted by atomic mass is 19.4. The van der Waals surface area contributed by atoms with Crippen molar-refractivity contribution in [3.05, 3.63) is 41.7 Å². The second kappa shape index (κ2) is 11.9. The molecular weight excluding hydrogens is 508 g/mol. The van der Waals surface area contributed by atoms with Crippen molar-refractivity contribution in [1.29, 1.82) is 0 Å². The summed E-state index contributed by atoms with van der Waals surface area (Å²) in [5.74, 6) is -3.74. The molecule has 0 aliphatic carbocycles. The molecule has 37 heavy (non-hydrogen) atoms. The molecule has 0 bridgehead atoms. The van der Waals surface area contributed by atoms with Crippen LogP contribution in [0.5, 0.6) is 0 Å². The summed E-state index contributed by atoms with van der Waals surface area (Å²) in [7, 11) is 1.53. The van der Waals surface area contributed by atoms with E-state index in [0.29, 0.717) is 31.8 Å². The Balaban J connectivity index is 0.000000266. The van der Waals surface area contributed by atoms with Gasteiger partial charge < -0.3 is 20.7 Å². The normalized spacial score (nSPS) is 20.1. The molecule has 3 N–H and O–H groups in total. The second-order valence-electron chi connectivity index (χ2n) is 8.50. The zero-order valence-corrected chi connectivity index (χ0v) is 19.9. The Morgan fingerprint density at radius 2 is 2.00 bits per heavy atom. The van der Waals surface area contributed by atoms with Crippen molar-refractivity contribution < 1.29 is 35.9 Å². The van der Waals surface area contributed by atoms with Gasteiger partial charge in [-0.3, -0.25) is 14.7 Å². The van der Waals surface area contributed by atoms with Crippen molar-refractivity contribution in [3.63, 3.8) is 0 Å². The van der Waals surface area contributed by atoms with E-state index < -0.39 is 35.4 Å². The van der Waals surface area contributed by atoms with Crippen LogP contribution in [0.25, 0.3) is 0 Å². The van der Waals surface area contributed by atoms with Crippen LogP contribution in [0.4, 0.5) is 38.0 Å². The summed E-state index contributed by atoms with van der Waals surface area (Å²) in [6.45, 7) is 0.973. The van der Waals surface area contributed by atoms with E-state index in [1.165, 1.54) is 24.3 Å². The number of nitrogens with one attached hydrogen (secondary N) is 1. The highest BCUT2D eigenvalue weighted by Crippen LogP contribution is 2.33. The van der Waals surface area contributed by atoms with E-state index in [2.05, 4.69) is 20.3 Å². The van der Waals surface area contributed by atoms with Gasteiger partial charge in [0.1, 0.15) is 6.33 Å². The van der Waals surface area contributed by atoms with Crippen LogP contribution >= 0.6 is 0 Å². The second-order valence-corrected chi connectivity index (χ2v) is 8.50. The average molecular weight is 535 g/mol. The number of hydrogen-bond donors (Lipinski definition) is 2. The Kier molecular flexibility index (Phi) is 9.12. The lowest BCUT2D eigenvalue weighted by molar-refractivity contribution is -0.137. The van der Waals surface area contributed by atoms with Gasteiger partial charge in [-0.05, 0) is 25.1 Å². The molecular formula is C22H27F6N7O2. The number of hydrogen-bond acceptors (Lipinski definition) is 8. The van der Waals surface area contributed by atoms with Crippen molar-refractivity contribution >= 4 is 17.5 Å². The minimum atomic E-state index is -4.46. The molecule has 0 spiro atoms. The Labute approximate surface area is 209 Å². The molecule has 1 unspecified atom stereocenters. The van der Waals surface area contributed by atoms with Gasteiger partial charge in [0.05, 0.1) is 43.6 Å². The van der Waals surface area contributed by atoms with E-state index in [4.69, 9.17) is 10.5 Å². The quantitative estimate of drug-likeness (QED) is 0.563. The number of nitrogens with zero attached hydrogens (tertiary/aromatic N) is 5. The third kappa shape index (κ3) is 7.64. The van der Waals surface area contributed by atoms with Gasteiger partial charge in [0.15, 0.2) is 11.6 Å². The molecule has 0 saturated carbocycles. The number of piperidine rings is 1. The monoisotopic (exact) mass is 535 g/mol. The number of alkyl halides is 5. The highest BCUT2D eigenvalue weighted by molar-refractivity contribution is 5.75. The fraction of sp³-hybridized carbons (Fsp3) is 0.545. The molecule has 2 saturated heterocycles. The molecule has 2 aromatic heterocycles. The first-order valence-electron chi connectivity index (χ1n) is 11.4. The zero-order valence-electron chi connectivity index (χ0n) is 19.9. The number of primary amides is 1. The van der Waals surface area contributed by atoms with E-state index in [0.717, 1.165) is 12.3 Å². The molecule has 1 amide bonds. The van der Waals surface area contributed by atoms with Crippen molar-refractivity contribution in [1.82, 2.24) is 19.9 Å². The maximum atomic E-state index is 14.5. The Bertz CT molecular complexity index is 1050. The minimum absolute atomic E-state index is 0.0376.